The Bertz CT molecular complexity index is 605. The summed E-state index contributed by atoms with van der Waals surface area (Å²) in [5.41, 5.74) is 7.37. The summed E-state index contributed by atoms with van der Waals surface area (Å²) in [4.78, 5) is 1.93. The summed E-state index contributed by atoms with van der Waals surface area (Å²) in [5, 5.41) is 9.13. The summed E-state index contributed by atoms with van der Waals surface area (Å²) < 4.78 is 13.7. The van der Waals surface area contributed by atoms with Gasteiger partial charge in [0.05, 0.1) is 5.69 Å². The maximum absolute atomic E-state index is 13.7. The summed E-state index contributed by atoms with van der Waals surface area (Å²) in [6.07, 6.45) is 0. The first-order chi connectivity index (χ1) is 9.76. The van der Waals surface area contributed by atoms with Gasteiger partial charge >= 0.3 is 0 Å². The number of benzene rings is 2. The Morgan fingerprint density at radius 2 is 1.85 bits per heavy atom. The molecular formula is C16H16FN3. The van der Waals surface area contributed by atoms with Gasteiger partial charge in [0.2, 0.25) is 0 Å². The Labute approximate surface area is 118 Å². The molecule has 0 aliphatic heterocycles. The largest absolute Gasteiger partial charge is 0.365 e. The zero-order valence-electron chi connectivity index (χ0n) is 11.1. The highest BCUT2D eigenvalue weighted by Crippen LogP contribution is 2.23. The lowest BCUT2D eigenvalue weighted by molar-refractivity contribution is 0.622. The van der Waals surface area contributed by atoms with Gasteiger partial charge in [-0.15, -0.1) is 0 Å². The smallest absolute Gasteiger partial charge is 0.143 e. The molecular weight excluding hydrogens is 253 g/mol. The van der Waals surface area contributed by atoms with E-state index in [1.54, 1.807) is 12.1 Å². The first-order valence-corrected chi connectivity index (χ1v) is 6.44. The molecule has 0 atom stereocenters. The number of anilines is 1. The molecule has 102 valence electrons. The van der Waals surface area contributed by atoms with Crippen molar-refractivity contribution in [1.29, 1.82) is 5.26 Å². The first-order valence-electron chi connectivity index (χ1n) is 6.44. The first kappa shape index (κ1) is 14.0. The monoisotopic (exact) mass is 269 g/mol. The van der Waals surface area contributed by atoms with E-state index in [2.05, 4.69) is 0 Å². The molecule has 3 nitrogen and oxygen atoms in total. The molecule has 2 aromatic rings. The molecule has 20 heavy (non-hydrogen) atoms. The number of halogens is 1. The lowest BCUT2D eigenvalue weighted by Gasteiger charge is -2.25. The van der Waals surface area contributed by atoms with E-state index in [-0.39, 0.29) is 5.56 Å². The van der Waals surface area contributed by atoms with Gasteiger partial charge in [-0.05, 0) is 17.7 Å². The van der Waals surface area contributed by atoms with Crippen molar-refractivity contribution in [3.8, 4) is 6.07 Å². The lowest BCUT2D eigenvalue weighted by Crippen LogP contribution is -2.29. The second-order valence-electron chi connectivity index (χ2n) is 4.44. The van der Waals surface area contributed by atoms with Crippen LogP contribution in [0.25, 0.3) is 0 Å². The Morgan fingerprint density at radius 1 is 1.10 bits per heavy atom. The molecule has 0 bridgehead atoms. The summed E-state index contributed by atoms with van der Waals surface area (Å²) in [6, 6.07) is 16.4. The molecule has 0 radical (unpaired) electrons. The summed E-state index contributed by atoms with van der Waals surface area (Å²) >= 11 is 0. The predicted octanol–water partition coefficient (Wildman–Crippen LogP) is 2.66. The molecule has 2 N–H and O–H groups in total. The van der Waals surface area contributed by atoms with Crippen LogP contribution in [0.15, 0.2) is 48.5 Å². The Hall–Kier alpha value is -2.38. The van der Waals surface area contributed by atoms with Gasteiger partial charge in [0.25, 0.3) is 0 Å². The van der Waals surface area contributed by atoms with Gasteiger partial charge in [-0.1, -0.05) is 36.4 Å². The van der Waals surface area contributed by atoms with Crippen molar-refractivity contribution in [3.05, 3.63) is 65.5 Å². The van der Waals surface area contributed by atoms with Crippen LogP contribution in [0.5, 0.6) is 0 Å². The highest BCUT2D eigenvalue weighted by atomic mass is 19.1. The fourth-order valence-corrected chi connectivity index (χ4v) is 2.13. The molecule has 0 fully saturated rings. The quantitative estimate of drug-likeness (QED) is 0.908. The van der Waals surface area contributed by atoms with E-state index in [0.29, 0.717) is 25.3 Å². The van der Waals surface area contributed by atoms with E-state index in [0.717, 1.165) is 5.56 Å². The molecule has 4 heteroatoms. The Kier molecular flexibility index (Phi) is 4.70. The van der Waals surface area contributed by atoms with Crippen LogP contribution in [0, 0.1) is 17.1 Å². The van der Waals surface area contributed by atoms with E-state index in [4.69, 9.17) is 11.0 Å². The minimum Gasteiger partial charge on any atom is -0.365 e. The molecule has 0 aliphatic carbocycles. The third-order valence-corrected chi connectivity index (χ3v) is 3.06. The van der Waals surface area contributed by atoms with Crippen LogP contribution in [-0.4, -0.2) is 13.1 Å². The number of nitriles is 1. The van der Waals surface area contributed by atoms with Gasteiger partial charge in [0, 0.05) is 19.6 Å². The maximum Gasteiger partial charge on any atom is 0.143 e. The lowest BCUT2D eigenvalue weighted by atomic mass is 10.1. The second kappa shape index (κ2) is 6.69. The van der Waals surface area contributed by atoms with Crippen LogP contribution in [0.1, 0.15) is 11.1 Å². The number of nitrogens with two attached hydrogens (primary N) is 1. The molecule has 0 saturated carbocycles. The van der Waals surface area contributed by atoms with Crippen LogP contribution in [-0.2, 0) is 6.54 Å². The molecule has 2 rings (SSSR count). The van der Waals surface area contributed by atoms with Crippen LogP contribution >= 0.6 is 0 Å². The van der Waals surface area contributed by atoms with Gasteiger partial charge in [0.15, 0.2) is 0 Å². The topological polar surface area (TPSA) is 53.0 Å². The molecule has 0 spiro atoms. The highest BCUT2D eigenvalue weighted by Gasteiger charge is 2.14. The number of rotatable bonds is 5. The van der Waals surface area contributed by atoms with Crippen molar-refractivity contribution < 1.29 is 4.39 Å². The molecule has 0 amide bonds. The molecule has 0 heterocycles. The number of hydrogen-bond donors (Lipinski definition) is 1. The van der Waals surface area contributed by atoms with Crippen molar-refractivity contribution in [2.45, 2.75) is 6.54 Å². The van der Waals surface area contributed by atoms with Gasteiger partial charge in [-0.2, -0.15) is 5.26 Å². The van der Waals surface area contributed by atoms with E-state index in [1.807, 2.05) is 41.3 Å². The summed E-state index contributed by atoms with van der Waals surface area (Å²) in [5.74, 6) is -0.500. The average Bonchev–Trinajstić information content (AvgIpc) is 2.47. The third kappa shape index (κ3) is 3.14. The van der Waals surface area contributed by atoms with Crippen molar-refractivity contribution >= 4 is 5.69 Å². The van der Waals surface area contributed by atoms with Gasteiger partial charge in [0.1, 0.15) is 17.4 Å². The van der Waals surface area contributed by atoms with Crippen molar-refractivity contribution in [2.24, 2.45) is 5.73 Å². The molecule has 0 saturated heterocycles. The predicted molar refractivity (Wildman–Crippen MR) is 77.7 cm³/mol. The van der Waals surface area contributed by atoms with Crippen molar-refractivity contribution in [2.75, 3.05) is 18.0 Å². The normalized spacial score (nSPS) is 10.1. The van der Waals surface area contributed by atoms with E-state index in [9.17, 15) is 4.39 Å². The maximum atomic E-state index is 13.7. The second-order valence-corrected chi connectivity index (χ2v) is 4.44. The molecule has 0 aliphatic rings. The van der Waals surface area contributed by atoms with Crippen LogP contribution in [0.4, 0.5) is 10.1 Å². The molecule has 0 aromatic heterocycles. The third-order valence-electron chi connectivity index (χ3n) is 3.06. The van der Waals surface area contributed by atoms with Crippen molar-refractivity contribution in [3.63, 3.8) is 0 Å². The fourth-order valence-electron chi connectivity index (χ4n) is 2.13. The zero-order chi connectivity index (χ0) is 14.4. The summed E-state index contributed by atoms with van der Waals surface area (Å²) in [6.45, 7) is 1.59. The number of hydrogen-bond acceptors (Lipinski definition) is 3. The Balaban J connectivity index is 2.34. The van der Waals surface area contributed by atoms with E-state index in [1.165, 1.54) is 6.07 Å². The standard InChI is InChI=1S/C16H16FN3/c17-15-7-4-8-16(14(15)11-19)20(10-9-18)12-13-5-2-1-3-6-13/h1-8H,9-10,12,18H2. The van der Waals surface area contributed by atoms with Gasteiger partial charge < -0.3 is 10.6 Å². The summed E-state index contributed by atoms with van der Waals surface area (Å²) in [7, 11) is 0. The molecule has 0 unspecified atom stereocenters. The highest BCUT2D eigenvalue weighted by molar-refractivity contribution is 5.60. The average molecular weight is 269 g/mol. The molecule has 2 aromatic carbocycles. The fraction of sp³-hybridized carbons (Fsp3) is 0.188. The van der Waals surface area contributed by atoms with Gasteiger partial charge in [-0.25, -0.2) is 4.39 Å². The minimum atomic E-state index is -0.500. The van der Waals surface area contributed by atoms with Crippen LogP contribution in [0.2, 0.25) is 0 Å². The minimum absolute atomic E-state index is 0.0666. The number of nitrogens with zero attached hydrogens (tertiary/aromatic N) is 2. The van der Waals surface area contributed by atoms with E-state index < -0.39 is 5.82 Å². The Morgan fingerprint density at radius 3 is 2.50 bits per heavy atom. The van der Waals surface area contributed by atoms with Crippen molar-refractivity contribution in [1.82, 2.24) is 0 Å². The van der Waals surface area contributed by atoms with Crippen LogP contribution < -0.4 is 10.6 Å². The van der Waals surface area contributed by atoms with Gasteiger partial charge in [-0.3, -0.25) is 0 Å². The zero-order valence-corrected chi connectivity index (χ0v) is 11.1. The van der Waals surface area contributed by atoms with E-state index >= 15 is 0 Å². The van der Waals surface area contributed by atoms with Crippen LogP contribution in [0.3, 0.4) is 0 Å². The SMILES string of the molecule is N#Cc1c(F)cccc1N(CCN)Cc1ccccc1.